The molecule has 1 saturated heterocycles. The van der Waals surface area contributed by atoms with Gasteiger partial charge in [0.25, 0.3) is 11.8 Å². The molecule has 0 atom stereocenters. The molecule has 1 fully saturated rings. The number of benzene rings is 2. The van der Waals surface area contributed by atoms with Crippen LogP contribution in [-0.2, 0) is 16.0 Å². The summed E-state index contributed by atoms with van der Waals surface area (Å²) in [5.41, 5.74) is 2.67. The molecule has 5 nitrogen and oxygen atoms in total. The van der Waals surface area contributed by atoms with Crippen LogP contribution in [0.2, 0.25) is 5.02 Å². The molecule has 144 valence electrons. The zero-order valence-electron chi connectivity index (χ0n) is 14.8. The molecule has 0 aromatic heterocycles. The molecule has 1 aliphatic heterocycles. The molecule has 1 aliphatic rings. The Balaban J connectivity index is 2.00. The van der Waals surface area contributed by atoms with Crippen LogP contribution in [0.3, 0.4) is 0 Å². The zero-order valence-corrected chi connectivity index (χ0v) is 18.6. The quantitative estimate of drug-likeness (QED) is 0.269. The lowest BCUT2D eigenvalue weighted by Gasteiger charge is -2.17. The first-order chi connectivity index (χ1) is 13.4. The van der Waals surface area contributed by atoms with Crippen molar-refractivity contribution in [3.63, 3.8) is 0 Å². The van der Waals surface area contributed by atoms with E-state index in [4.69, 9.17) is 28.6 Å². The fourth-order valence-corrected chi connectivity index (χ4v) is 3.98. The second-order valence-electron chi connectivity index (χ2n) is 5.98. The van der Waals surface area contributed by atoms with Crippen LogP contribution in [-0.4, -0.2) is 23.5 Å². The summed E-state index contributed by atoms with van der Waals surface area (Å²) >= 11 is 13.4. The Morgan fingerprint density at radius 2 is 1.86 bits per heavy atom. The van der Waals surface area contributed by atoms with Gasteiger partial charge in [0.05, 0.1) is 6.61 Å². The molecule has 1 heterocycles. The highest BCUT2D eigenvalue weighted by Crippen LogP contribution is 2.31. The average Bonchev–Trinajstić information content (AvgIpc) is 2.63. The van der Waals surface area contributed by atoms with Crippen molar-refractivity contribution < 1.29 is 14.3 Å². The zero-order chi connectivity index (χ0) is 20.3. The molecule has 0 saturated carbocycles. The number of ether oxygens (including phenoxy) is 1. The summed E-state index contributed by atoms with van der Waals surface area (Å²) in [5.74, 6) is -0.364. The van der Waals surface area contributed by atoms with E-state index in [0.29, 0.717) is 29.4 Å². The first-order valence-electron chi connectivity index (χ1n) is 8.46. The summed E-state index contributed by atoms with van der Waals surface area (Å²) in [6, 6.07) is 11.4. The Bertz CT molecular complexity index is 985. The molecule has 2 amide bonds. The number of nitrogens with one attached hydrogen (secondary N) is 2. The molecule has 3 rings (SSSR count). The summed E-state index contributed by atoms with van der Waals surface area (Å²) in [4.78, 5) is 24.2. The Labute approximate surface area is 186 Å². The molecule has 28 heavy (non-hydrogen) atoms. The van der Waals surface area contributed by atoms with Crippen LogP contribution in [0.1, 0.15) is 23.6 Å². The van der Waals surface area contributed by atoms with E-state index in [2.05, 4.69) is 33.2 Å². The van der Waals surface area contributed by atoms with Crippen molar-refractivity contribution in [2.75, 3.05) is 6.61 Å². The van der Waals surface area contributed by atoms with Gasteiger partial charge in [-0.1, -0.05) is 29.8 Å². The van der Waals surface area contributed by atoms with Crippen molar-refractivity contribution >= 4 is 69.4 Å². The lowest BCUT2D eigenvalue weighted by Crippen LogP contribution is -2.51. The number of hydrogen-bond acceptors (Lipinski definition) is 4. The second kappa shape index (κ2) is 9.02. The number of rotatable bonds is 5. The van der Waals surface area contributed by atoms with Crippen LogP contribution in [0.4, 0.5) is 0 Å². The number of carbonyl (C=O) groups excluding carboxylic acids is 2. The van der Waals surface area contributed by atoms with Gasteiger partial charge in [-0.3, -0.25) is 20.2 Å². The van der Waals surface area contributed by atoms with Crippen molar-refractivity contribution in [1.29, 1.82) is 0 Å². The molecule has 0 spiro atoms. The molecular weight excluding hydrogens is 511 g/mol. The van der Waals surface area contributed by atoms with Gasteiger partial charge in [-0.05, 0) is 77.1 Å². The van der Waals surface area contributed by atoms with Crippen LogP contribution >= 0.6 is 46.4 Å². The van der Waals surface area contributed by atoms with Crippen molar-refractivity contribution in [2.45, 2.75) is 13.3 Å². The lowest BCUT2D eigenvalue weighted by atomic mass is 10.0. The molecule has 0 bridgehead atoms. The van der Waals surface area contributed by atoms with Crippen LogP contribution in [0, 0.1) is 3.57 Å². The number of halogens is 2. The predicted molar refractivity (Wildman–Crippen MR) is 121 cm³/mol. The Morgan fingerprint density at radius 1 is 1.18 bits per heavy atom. The van der Waals surface area contributed by atoms with E-state index >= 15 is 0 Å². The number of hydrogen-bond donors (Lipinski definition) is 2. The van der Waals surface area contributed by atoms with Gasteiger partial charge in [0, 0.05) is 20.6 Å². The first kappa shape index (κ1) is 20.8. The Morgan fingerprint density at radius 3 is 2.50 bits per heavy atom. The van der Waals surface area contributed by atoms with Gasteiger partial charge in [0.15, 0.2) is 5.11 Å². The van der Waals surface area contributed by atoms with E-state index < -0.39 is 11.8 Å². The molecule has 0 aliphatic carbocycles. The molecule has 2 aromatic carbocycles. The largest absolute Gasteiger partial charge is 0.494 e. The molecule has 2 N–H and O–H groups in total. The third-order valence-corrected chi connectivity index (χ3v) is 5.59. The monoisotopic (exact) mass is 526 g/mol. The molecule has 8 heteroatoms. The maximum atomic E-state index is 12.1. The lowest BCUT2D eigenvalue weighted by molar-refractivity contribution is -0.123. The first-order valence-corrected chi connectivity index (χ1v) is 10.3. The minimum Gasteiger partial charge on any atom is -0.494 e. The SMILES string of the molecule is CCOc1cc(C=C2C(=O)NC(=S)NC2=O)cc(I)c1Cc1ccccc1Cl. The van der Waals surface area contributed by atoms with Gasteiger partial charge in [0.2, 0.25) is 0 Å². The van der Waals surface area contributed by atoms with Crippen LogP contribution in [0.15, 0.2) is 42.0 Å². The molecule has 2 aromatic rings. The minimum atomic E-state index is -0.526. The third kappa shape index (κ3) is 4.71. The highest BCUT2D eigenvalue weighted by molar-refractivity contribution is 14.1. The van der Waals surface area contributed by atoms with E-state index in [-0.39, 0.29) is 10.7 Å². The van der Waals surface area contributed by atoms with Crippen LogP contribution < -0.4 is 15.4 Å². The van der Waals surface area contributed by atoms with Gasteiger partial charge < -0.3 is 4.74 Å². The minimum absolute atomic E-state index is 0.00632. The number of thiocarbonyl (C=S) groups is 1. The van der Waals surface area contributed by atoms with E-state index in [0.717, 1.165) is 14.7 Å². The van der Waals surface area contributed by atoms with Gasteiger partial charge in [-0.2, -0.15) is 0 Å². The van der Waals surface area contributed by atoms with Crippen molar-refractivity contribution in [2.24, 2.45) is 0 Å². The third-order valence-electron chi connectivity index (χ3n) is 4.06. The normalized spacial score (nSPS) is 13.8. The fourth-order valence-electron chi connectivity index (χ4n) is 2.78. The predicted octanol–water partition coefficient (Wildman–Crippen LogP) is 3.85. The second-order valence-corrected chi connectivity index (χ2v) is 7.95. The standard InChI is InChI=1S/C20H16ClIN2O3S/c1-2-27-17-9-11(7-14-18(25)23-20(28)24-19(14)26)8-16(22)13(17)10-12-5-3-4-6-15(12)21/h3-9H,2,10H2,1H3,(H2,23,24,25,26,28). The van der Waals surface area contributed by atoms with Crippen molar-refractivity contribution in [3.8, 4) is 5.75 Å². The molecular formula is C20H16ClIN2O3S. The molecule has 0 unspecified atom stereocenters. The topological polar surface area (TPSA) is 67.4 Å². The van der Waals surface area contributed by atoms with Gasteiger partial charge in [-0.25, -0.2) is 0 Å². The highest BCUT2D eigenvalue weighted by atomic mass is 127. The fraction of sp³-hybridized carbons (Fsp3) is 0.150. The Hall–Kier alpha value is -1.97. The summed E-state index contributed by atoms with van der Waals surface area (Å²) < 4.78 is 6.78. The maximum Gasteiger partial charge on any atom is 0.263 e. The van der Waals surface area contributed by atoms with Gasteiger partial charge >= 0.3 is 0 Å². The smallest absolute Gasteiger partial charge is 0.263 e. The average molecular weight is 527 g/mol. The summed E-state index contributed by atoms with van der Waals surface area (Å²) in [6.07, 6.45) is 2.13. The summed E-state index contributed by atoms with van der Waals surface area (Å²) in [6.45, 7) is 2.39. The number of carbonyl (C=O) groups is 2. The van der Waals surface area contributed by atoms with Crippen molar-refractivity contribution in [1.82, 2.24) is 10.6 Å². The van der Waals surface area contributed by atoms with Crippen LogP contribution in [0.5, 0.6) is 5.75 Å². The van der Waals surface area contributed by atoms with Gasteiger partial charge in [-0.15, -0.1) is 0 Å². The summed E-state index contributed by atoms with van der Waals surface area (Å²) in [5, 5.41) is 5.56. The van der Waals surface area contributed by atoms with Crippen LogP contribution in [0.25, 0.3) is 6.08 Å². The van der Waals surface area contributed by atoms with Crippen molar-refractivity contribution in [3.05, 3.63) is 67.3 Å². The highest BCUT2D eigenvalue weighted by Gasteiger charge is 2.26. The molecule has 0 radical (unpaired) electrons. The Kier molecular flexibility index (Phi) is 6.69. The van der Waals surface area contributed by atoms with E-state index in [1.807, 2.05) is 43.3 Å². The summed E-state index contributed by atoms with van der Waals surface area (Å²) in [7, 11) is 0. The van der Waals surface area contributed by atoms with E-state index in [1.54, 1.807) is 0 Å². The maximum absolute atomic E-state index is 12.1. The van der Waals surface area contributed by atoms with E-state index in [9.17, 15) is 9.59 Å². The number of amides is 2. The van der Waals surface area contributed by atoms with Gasteiger partial charge in [0.1, 0.15) is 11.3 Å². The van der Waals surface area contributed by atoms with E-state index in [1.165, 1.54) is 6.08 Å².